The van der Waals surface area contributed by atoms with E-state index in [1.54, 1.807) is 24.3 Å². The van der Waals surface area contributed by atoms with Crippen molar-refractivity contribution in [2.45, 2.75) is 51.7 Å². The molecule has 1 saturated heterocycles. The van der Waals surface area contributed by atoms with Crippen LogP contribution in [0.1, 0.15) is 60.0 Å². The van der Waals surface area contributed by atoms with Crippen molar-refractivity contribution in [2.24, 2.45) is 5.73 Å². The molecule has 30 heavy (non-hydrogen) atoms. The molecule has 2 amide bonds. The van der Waals surface area contributed by atoms with Crippen LogP contribution in [0.4, 0.5) is 5.69 Å². The maximum Gasteiger partial charge on any atom is 0.291 e. The number of nitrogens with two attached hydrogens (primary N) is 1. The smallest absolute Gasteiger partial charge is 0.291 e. The van der Waals surface area contributed by atoms with E-state index in [4.69, 9.17) is 26.2 Å². The van der Waals surface area contributed by atoms with Crippen LogP contribution in [-0.2, 0) is 6.54 Å². The monoisotopic (exact) mass is 429 g/mol. The van der Waals surface area contributed by atoms with Crippen LogP contribution < -0.4 is 11.1 Å². The Labute approximate surface area is 179 Å². The van der Waals surface area contributed by atoms with Crippen molar-refractivity contribution in [1.29, 1.82) is 0 Å². The van der Waals surface area contributed by atoms with Crippen LogP contribution in [0, 0.1) is 0 Å². The molecule has 0 radical (unpaired) electrons. The van der Waals surface area contributed by atoms with Gasteiger partial charge in [0.05, 0.1) is 6.54 Å². The summed E-state index contributed by atoms with van der Waals surface area (Å²) in [5.41, 5.74) is 5.98. The van der Waals surface area contributed by atoms with Gasteiger partial charge in [-0.05, 0) is 51.0 Å². The van der Waals surface area contributed by atoms with E-state index in [2.05, 4.69) is 24.1 Å². The molecule has 2 atom stereocenters. The second-order valence-electron chi connectivity index (χ2n) is 7.83. The van der Waals surface area contributed by atoms with Crippen molar-refractivity contribution in [2.75, 3.05) is 5.32 Å². The summed E-state index contributed by atoms with van der Waals surface area (Å²) in [4.78, 5) is 27.0. The van der Waals surface area contributed by atoms with Gasteiger partial charge in [-0.2, -0.15) is 0 Å². The van der Waals surface area contributed by atoms with E-state index < -0.39 is 11.8 Å². The number of rotatable bonds is 5. The molecule has 1 fully saturated rings. The van der Waals surface area contributed by atoms with Crippen molar-refractivity contribution in [3.8, 4) is 0 Å². The number of likely N-dealkylation sites (tertiary alicyclic amines) is 1. The number of carbonyl (C=O) groups is 2. The molecule has 0 saturated carbocycles. The minimum Gasteiger partial charge on any atom is -0.455 e. The lowest BCUT2D eigenvalue weighted by Crippen LogP contribution is -2.42. The highest BCUT2D eigenvalue weighted by Gasteiger charge is 2.26. The number of carbonyl (C=O) groups excluding carboxylic acids is 2. The number of halogens is 1. The number of nitrogens with zero attached hydrogens (tertiary/aromatic N) is 1. The van der Waals surface area contributed by atoms with Gasteiger partial charge in [0.2, 0.25) is 5.76 Å². The third kappa shape index (κ3) is 3.95. The number of piperidine rings is 1. The highest BCUT2D eigenvalue weighted by molar-refractivity contribution is 6.31. The standard InChI is InChI=1S/C22H24ClN3O4/c1-12-4-3-5-13(2)26(12)11-15-7-9-17(29-15)22(28)25-19-16-8-6-14(23)10-18(16)30-20(19)21(24)27/h6-10,12-13H,3-5,11H2,1-2H3,(H2,24,27)(H,25,28). The highest BCUT2D eigenvalue weighted by Crippen LogP contribution is 2.33. The molecule has 4 rings (SSSR count). The first kappa shape index (κ1) is 20.5. The van der Waals surface area contributed by atoms with Gasteiger partial charge < -0.3 is 19.9 Å². The quantitative estimate of drug-likeness (QED) is 0.606. The molecule has 7 nitrogen and oxygen atoms in total. The Morgan fingerprint density at radius 2 is 1.90 bits per heavy atom. The predicted octanol–water partition coefficient (Wildman–Crippen LogP) is 4.79. The fourth-order valence-corrected chi connectivity index (χ4v) is 4.26. The molecule has 3 N–H and O–H groups in total. The van der Waals surface area contributed by atoms with Gasteiger partial charge >= 0.3 is 0 Å². The van der Waals surface area contributed by atoms with E-state index >= 15 is 0 Å². The summed E-state index contributed by atoms with van der Waals surface area (Å²) in [5, 5.41) is 3.68. The van der Waals surface area contributed by atoms with Crippen LogP contribution in [0.2, 0.25) is 5.02 Å². The second kappa shape index (κ2) is 8.16. The van der Waals surface area contributed by atoms with Gasteiger partial charge in [0.1, 0.15) is 17.0 Å². The number of furan rings is 2. The summed E-state index contributed by atoms with van der Waals surface area (Å²) >= 11 is 5.98. The van der Waals surface area contributed by atoms with E-state index in [0.29, 0.717) is 34.6 Å². The SMILES string of the molecule is CC1CCCC(C)N1Cc1ccc(C(=O)Nc2c(C(N)=O)oc3cc(Cl)ccc23)o1. The van der Waals surface area contributed by atoms with Gasteiger partial charge in [0.25, 0.3) is 11.8 Å². The molecule has 158 valence electrons. The Hall–Kier alpha value is -2.77. The predicted molar refractivity (Wildman–Crippen MR) is 115 cm³/mol. The third-order valence-electron chi connectivity index (χ3n) is 5.71. The molecular formula is C22H24ClN3O4. The number of nitrogens with one attached hydrogen (secondary N) is 1. The van der Waals surface area contributed by atoms with E-state index in [9.17, 15) is 9.59 Å². The Kier molecular flexibility index (Phi) is 5.58. The van der Waals surface area contributed by atoms with Crippen molar-refractivity contribution in [3.05, 3.63) is 52.6 Å². The molecular weight excluding hydrogens is 406 g/mol. The number of amides is 2. The summed E-state index contributed by atoms with van der Waals surface area (Å²) in [6, 6.07) is 9.25. The van der Waals surface area contributed by atoms with Crippen LogP contribution in [0.15, 0.2) is 39.2 Å². The molecule has 1 aromatic carbocycles. The minimum atomic E-state index is -0.786. The minimum absolute atomic E-state index is 0.136. The molecule has 3 aromatic rings. The summed E-state index contributed by atoms with van der Waals surface area (Å²) in [7, 11) is 0. The first-order valence-corrected chi connectivity index (χ1v) is 10.4. The highest BCUT2D eigenvalue weighted by atomic mass is 35.5. The number of hydrogen-bond acceptors (Lipinski definition) is 5. The Morgan fingerprint density at radius 1 is 1.17 bits per heavy atom. The Bertz CT molecular complexity index is 1090. The van der Waals surface area contributed by atoms with Crippen molar-refractivity contribution >= 4 is 40.1 Å². The van der Waals surface area contributed by atoms with Crippen LogP contribution in [0.5, 0.6) is 0 Å². The van der Waals surface area contributed by atoms with E-state index in [0.717, 1.165) is 18.6 Å². The van der Waals surface area contributed by atoms with Gasteiger partial charge in [0.15, 0.2) is 5.76 Å². The number of benzene rings is 1. The van der Waals surface area contributed by atoms with Gasteiger partial charge in [-0.15, -0.1) is 0 Å². The fourth-order valence-electron chi connectivity index (χ4n) is 4.09. The van der Waals surface area contributed by atoms with Crippen molar-refractivity contribution in [1.82, 2.24) is 4.90 Å². The molecule has 0 bridgehead atoms. The molecule has 1 aliphatic heterocycles. The zero-order chi connectivity index (χ0) is 21.4. The van der Waals surface area contributed by atoms with E-state index in [1.807, 2.05) is 6.07 Å². The lowest BCUT2D eigenvalue weighted by molar-refractivity contribution is 0.0853. The fraction of sp³-hybridized carbons (Fsp3) is 0.364. The molecule has 2 aromatic heterocycles. The molecule has 0 aliphatic carbocycles. The summed E-state index contributed by atoms with van der Waals surface area (Å²) in [5.74, 6) is -0.531. The van der Waals surface area contributed by atoms with Gasteiger partial charge in [-0.25, -0.2) is 0 Å². The normalized spacial score (nSPS) is 19.8. The number of fused-ring (bicyclic) bond motifs is 1. The maximum atomic E-state index is 12.8. The van der Waals surface area contributed by atoms with Gasteiger partial charge in [-0.3, -0.25) is 14.5 Å². The Morgan fingerprint density at radius 3 is 2.60 bits per heavy atom. The van der Waals surface area contributed by atoms with Crippen LogP contribution in [-0.4, -0.2) is 28.8 Å². The van der Waals surface area contributed by atoms with E-state index in [-0.39, 0.29) is 17.2 Å². The number of primary amides is 1. The zero-order valence-corrected chi connectivity index (χ0v) is 17.7. The average Bonchev–Trinajstić information content (AvgIpc) is 3.29. The number of hydrogen-bond donors (Lipinski definition) is 2. The first-order chi connectivity index (χ1) is 14.3. The molecule has 1 aliphatic rings. The summed E-state index contributed by atoms with van der Waals surface area (Å²) < 4.78 is 11.3. The molecule has 2 unspecified atom stereocenters. The van der Waals surface area contributed by atoms with Crippen molar-refractivity contribution < 1.29 is 18.4 Å². The molecule has 3 heterocycles. The van der Waals surface area contributed by atoms with Crippen LogP contribution in [0.25, 0.3) is 11.0 Å². The lowest BCUT2D eigenvalue weighted by atomic mass is 9.97. The lowest BCUT2D eigenvalue weighted by Gasteiger charge is -2.38. The third-order valence-corrected chi connectivity index (χ3v) is 5.95. The van der Waals surface area contributed by atoms with Crippen molar-refractivity contribution in [3.63, 3.8) is 0 Å². The zero-order valence-electron chi connectivity index (χ0n) is 16.9. The summed E-state index contributed by atoms with van der Waals surface area (Å²) in [6.45, 7) is 5.08. The molecule has 8 heteroatoms. The second-order valence-corrected chi connectivity index (χ2v) is 8.27. The number of anilines is 1. The summed E-state index contributed by atoms with van der Waals surface area (Å²) in [6.07, 6.45) is 3.55. The average molecular weight is 430 g/mol. The maximum absolute atomic E-state index is 12.8. The largest absolute Gasteiger partial charge is 0.455 e. The Balaban J connectivity index is 1.55. The van der Waals surface area contributed by atoms with Crippen LogP contribution >= 0.6 is 11.6 Å². The van der Waals surface area contributed by atoms with Gasteiger partial charge in [0, 0.05) is 28.6 Å². The van der Waals surface area contributed by atoms with Crippen LogP contribution in [0.3, 0.4) is 0 Å². The molecule has 0 spiro atoms. The van der Waals surface area contributed by atoms with E-state index in [1.165, 1.54) is 6.42 Å². The first-order valence-electron chi connectivity index (χ1n) is 10.0. The van der Waals surface area contributed by atoms with Gasteiger partial charge in [-0.1, -0.05) is 18.0 Å². The topological polar surface area (TPSA) is 102 Å².